The summed E-state index contributed by atoms with van der Waals surface area (Å²) in [5, 5.41) is 0.984. The average molecular weight is 234 g/mol. The number of aromatic nitrogens is 2. The van der Waals surface area contributed by atoms with Gasteiger partial charge in [0.2, 0.25) is 5.71 Å². The third-order valence-electron chi connectivity index (χ3n) is 3.14. The van der Waals surface area contributed by atoms with E-state index >= 15 is 0 Å². The van der Waals surface area contributed by atoms with Crippen LogP contribution in [0.2, 0.25) is 0 Å². The number of nitrogens with zero attached hydrogens (tertiary/aromatic N) is 2. The predicted octanol–water partition coefficient (Wildman–Crippen LogP) is 3.39. The lowest BCUT2D eigenvalue weighted by atomic mass is 10.2. The van der Waals surface area contributed by atoms with E-state index in [0.29, 0.717) is 5.71 Å². The molecule has 0 aliphatic carbocycles. The first-order valence-electron chi connectivity index (χ1n) is 5.75. The highest BCUT2D eigenvalue weighted by atomic mass is 32.1. The number of hydrogen-bond donors (Lipinski definition) is 0. The maximum absolute atomic E-state index is 5.56. The van der Waals surface area contributed by atoms with Crippen LogP contribution in [0.25, 0.3) is 11.1 Å². The van der Waals surface area contributed by atoms with Crippen molar-refractivity contribution in [1.29, 1.82) is 0 Å². The second-order valence-electron chi connectivity index (χ2n) is 4.37. The standard InChI is InChI=1S/C12H14N2OS/c1-8-7-9-11(15-8)13-10-5-3-2-4-6-14(10)12(9)16/h7H,2-6H2,1H3. The van der Waals surface area contributed by atoms with Crippen molar-refractivity contribution in [2.45, 2.75) is 39.2 Å². The van der Waals surface area contributed by atoms with E-state index in [2.05, 4.69) is 9.55 Å². The van der Waals surface area contributed by atoms with Gasteiger partial charge in [-0.1, -0.05) is 18.6 Å². The van der Waals surface area contributed by atoms with Gasteiger partial charge in [-0.2, -0.15) is 4.98 Å². The van der Waals surface area contributed by atoms with Gasteiger partial charge in [0.1, 0.15) is 16.2 Å². The Balaban J connectivity index is 2.33. The largest absolute Gasteiger partial charge is 0.443 e. The highest BCUT2D eigenvalue weighted by molar-refractivity contribution is 7.71. The topological polar surface area (TPSA) is 31.0 Å². The third-order valence-corrected chi connectivity index (χ3v) is 3.58. The number of aryl methyl sites for hydroxylation is 2. The Kier molecular flexibility index (Phi) is 2.32. The summed E-state index contributed by atoms with van der Waals surface area (Å²) in [6.07, 6.45) is 4.68. The van der Waals surface area contributed by atoms with Crippen molar-refractivity contribution >= 4 is 23.3 Å². The zero-order valence-corrected chi connectivity index (χ0v) is 10.1. The molecule has 0 fully saturated rings. The molecule has 4 heteroatoms. The Morgan fingerprint density at radius 2 is 2.25 bits per heavy atom. The van der Waals surface area contributed by atoms with Crippen LogP contribution in [0, 0.1) is 11.6 Å². The van der Waals surface area contributed by atoms with Gasteiger partial charge in [0, 0.05) is 13.0 Å². The lowest BCUT2D eigenvalue weighted by Crippen LogP contribution is -2.07. The van der Waals surface area contributed by atoms with Crippen LogP contribution in [0.1, 0.15) is 30.8 Å². The molecule has 0 N–H and O–H groups in total. The molecule has 16 heavy (non-hydrogen) atoms. The fourth-order valence-corrected chi connectivity index (χ4v) is 2.67. The van der Waals surface area contributed by atoms with Crippen LogP contribution in [0.15, 0.2) is 10.5 Å². The molecule has 0 bridgehead atoms. The molecule has 0 aromatic carbocycles. The van der Waals surface area contributed by atoms with Gasteiger partial charge < -0.3 is 8.98 Å². The Labute approximate surface area is 99.1 Å². The minimum absolute atomic E-state index is 0.704. The monoisotopic (exact) mass is 234 g/mol. The summed E-state index contributed by atoms with van der Waals surface area (Å²) in [5.41, 5.74) is 0.704. The van der Waals surface area contributed by atoms with Gasteiger partial charge in [-0.3, -0.25) is 0 Å². The summed E-state index contributed by atoms with van der Waals surface area (Å²) in [7, 11) is 0. The molecule has 3 heterocycles. The van der Waals surface area contributed by atoms with E-state index < -0.39 is 0 Å². The van der Waals surface area contributed by atoms with Gasteiger partial charge in [0.15, 0.2) is 0 Å². The van der Waals surface area contributed by atoms with Gasteiger partial charge in [-0.15, -0.1) is 0 Å². The molecule has 1 aliphatic rings. The maximum atomic E-state index is 5.56. The molecule has 0 unspecified atom stereocenters. The van der Waals surface area contributed by atoms with Crippen molar-refractivity contribution in [3.05, 3.63) is 22.3 Å². The van der Waals surface area contributed by atoms with E-state index in [-0.39, 0.29) is 0 Å². The van der Waals surface area contributed by atoms with Crippen molar-refractivity contribution in [3.8, 4) is 0 Å². The average Bonchev–Trinajstić information content (AvgIpc) is 2.48. The summed E-state index contributed by atoms with van der Waals surface area (Å²) < 4.78 is 8.63. The molecule has 2 aromatic heterocycles. The second kappa shape index (κ2) is 3.70. The zero-order chi connectivity index (χ0) is 11.1. The predicted molar refractivity (Wildman–Crippen MR) is 65.1 cm³/mol. The molecule has 0 spiro atoms. The summed E-state index contributed by atoms with van der Waals surface area (Å²) in [6.45, 7) is 2.94. The highest BCUT2D eigenvalue weighted by Gasteiger charge is 2.13. The van der Waals surface area contributed by atoms with Crippen LogP contribution in [0.4, 0.5) is 0 Å². The molecular weight excluding hydrogens is 220 g/mol. The van der Waals surface area contributed by atoms with E-state index in [1.54, 1.807) is 0 Å². The van der Waals surface area contributed by atoms with Crippen LogP contribution in [0.5, 0.6) is 0 Å². The molecule has 2 aromatic rings. The summed E-state index contributed by atoms with van der Waals surface area (Å²) >= 11 is 5.52. The van der Waals surface area contributed by atoms with Gasteiger partial charge in [-0.05, 0) is 25.8 Å². The quantitative estimate of drug-likeness (QED) is 0.655. The number of hydrogen-bond acceptors (Lipinski definition) is 3. The van der Waals surface area contributed by atoms with E-state index in [0.717, 1.165) is 34.6 Å². The molecule has 0 atom stereocenters. The van der Waals surface area contributed by atoms with Crippen LogP contribution in [-0.2, 0) is 13.0 Å². The minimum atomic E-state index is 0.704. The minimum Gasteiger partial charge on any atom is -0.443 e. The first-order valence-corrected chi connectivity index (χ1v) is 6.16. The van der Waals surface area contributed by atoms with E-state index in [4.69, 9.17) is 16.6 Å². The first-order chi connectivity index (χ1) is 7.75. The van der Waals surface area contributed by atoms with Gasteiger partial charge in [-0.25, -0.2) is 0 Å². The molecule has 1 aliphatic heterocycles. The van der Waals surface area contributed by atoms with Crippen LogP contribution in [0.3, 0.4) is 0 Å². The Bertz CT molecular complexity index is 597. The second-order valence-corrected chi connectivity index (χ2v) is 4.76. The smallest absolute Gasteiger partial charge is 0.230 e. The molecule has 3 nitrogen and oxygen atoms in total. The van der Waals surface area contributed by atoms with Crippen molar-refractivity contribution in [2.24, 2.45) is 0 Å². The molecule has 84 valence electrons. The summed E-state index contributed by atoms with van der Waals surface area (Å²) in [6, 6.07) is 1.99. The van der Waals surface area contributed by atoms with Crippen molar-refractivity contribution in [1.82, 2.24) is 9.55 Å². The van der Waals surface area contributed by atoms with Crippen LogP contribution in [-0.4, -0.2) is 9.55 Å². The van der Waals surface area contributed by atoms with Gasteiger partial charge in [0.05, 0.1) is 5.39 Å². The Hall–Kier alpha value is -1.16. The number of rotatable bonds is 0. The van der Waals surface area contributed by atoms with Crippen LogP contribution >= 0.6 is 12.2 Å². The van der Waals surface area contributed by atoms with E-state index in [1.165, 1.54) is 19.3 Å². The molecule has 0 saturated heterocycles. The van der Waals surface area contributed by atoms with Crippen molar-refractivity contribution in [2.75, 3.05) is 0 Å². The molecule has 0 amide bonds. The Morgan fingerprint density at radius 1 is 1.38 bits per heavy atom. The molecule has 0 radical (unpaired) electrons. The fourth-order valence-electron chi connectivity index (χ4n) is 2.33. The van der Waals surface area contributed by atoms with Gasteiger partial charge in [0.25, 0.3) is 0 Å². The Morgan fingerprint density at radius 3 is 3.12 bits per heavy atom. The van der Waals surface area contributed by atoms with E-state index in [9.17, 15) is 0 Å². The first kappa shape index (κ1) is 10.0. The number of furan rings is 1. The number of fused-ring (bicyclic) bond motifs is 2. The molecular formula is C12H14N2OS. The van der Waals surface area contributed by atoms with Crippen LogP contribution < -0.4 is 0 Å². The maximum Gasteiger partial charge on any atom is 0.230 e. The van der Waals surface area contributed by atoms with Gasteiger partial charge >= 0.3 is 0 Å². The summed E-state index contributed by atoms with van der Waals surface area (Å²) in [4.78, 5) is 4.59. The molecule has 3 rings (SSSR count). The normalized spacial score (nSPS) is 16.1. The zero-order valence-electron chi connectivity index (χ0n) is 9.32. The SMILES string of the molecule is Cc1cc2c(=S)n3c(nc2o1)CCCCC3. The van der Waals surface area contributed by atoms with Crippen molar-refractivity contribution in [3.63, 3.8) is 0 Å². The lowest BCUT2D eigenvalue weighted by Gasteiger charge is -2.08. The summed E-state index contributed by atoms with van der Waals surface area (Å²) in [5.74, 6) is 1.97. The van der Waals surface area contributed by atoms with E-state index in [1.807, 2.05) is 13.0 Å². The highest BCUT2D eigenvalue weighted by Crippen LogP contribution is 2.22. The third kappa shape index (κ3) is 1.48. The lowest BCUT2D eigenvalue weighted by molar-refractivity contribution is 0.558. The fraction of sp³-hybridized carbons (Fsp3) is 0.500. The molecule has 0 saturated carbocycles. The van der Waals surface area contributed by atoms with Crippen molar-refractivity contribution < 1.29 is 4.42 Å².